The summed E-state index contributed by atoms with van der Waals surface area (Å²) in [7, 11) is 2.03. The maximum atomic E-state index is 13.7. The summed E-state index contributed by atoms with van der Waals surface area (Å²) in [5, 5.41) is 3.12. The van der Waals surface area contributed by atoms with E-state index in [1.54, 1.807) is 48.7 Å². The van der Waals surface area contributed by atoms with Crippen molar-refractivity contribution in [2.75, 3.05) is 33.2 Å². The first kappa shape index (κ1) is 23.1. The zero-order chi connectivity index (χ0) is 24.6. The molecule has 180 valence electrons. The fourth-order valence-electron chi connectivity index (χ4n) is 5.38. The third-order valence-corrected chi connectivity index (χ3v) is 7.23. The van der Waals surface area contributed by atoms with Gasteiger partial charge in [0.15, 0.2) is 0 Å². The molecule has 0 spiro atoms. The summed E-state index contributed by atoms with van der Waals surface area (Å²) in [5.74, 6) is -0.761. The lowest BCUT2D eigenvalue weighted by molar-refractivity contribution is -0.890. The highest BCUT2D eigenvalue weighted by atomic mass is 19.1. The molecule has 0 aliphatic carbocycles. The number of rotatable bonds is 6. The molecule has 35 heavy (non-hydrogen) atoms. The van der Waals surface area contributed by atoms with Crippen LogP contribution in [0.1, 0.15) is 28.0 Å². The molecule has 1 N–H and O–H groups in total. The van der Waals surface area contributed by atoms with Gasteiger partial charge in [-0.2, -0.15) is 0 Å². The van der Waals surface area contributed by atoms with Crippen LogP contribution < -0.4 is 5.32 Å². The summed E-state index contributed by atoms with van der Waals surface area (Å²) in [6, 6.07) is 17.1. The fourth-order valence-corrected chi connectivity index (χ4v) is 5.38. The molecule has 3 heterocycles. The van der Waals surface area contributed by atoms with Crippen LogP contribution in [-0.2, 0) is 5.54 Å². The Hall–Kier alpha value is -3.65. The number of halogens is 2. The minimum atomic E-state index is -0.936. The van der Waals surface area contributed by atoms with Gasteiger partial charge in [-0.3, -0.25) is 9.78 Å². The highest BCUT2D eigenvalue weighted by molar-refractivity contribution is 5.95. The summed E-state index contributed by atoms with van der Waals surface area (Å²) in [6.07, 6.45) is 2.36. The number of likely N-dealkylation sites (N-methyl/N-ethyl adjacent to an activating group) is 1. The molecule has 0 bridgehead atoms. The number of likely N-dealkylation sites (tertiary alicyclic amines) is 1. The second-order valence-corrected chi connectivity index (χ2v) is 9.74. The maximum absolute atomic E-state index is 13.7. The van der Waals surface area contributed by atoms with Crippen molar-refractivity contribution >= 4 is 11.8 Å². The number of nitrogens with zero attached hydrogens (tertiary/aromatic N) is 3. The van der Waals surface area contributed by atoms with Crippen LogP contribution in [0.15, 0.2) is 72.9 Å². The number of carbonyl (C=O) groups excluding carboxylic acids is 2. The van der Waals surface area contributed by atoms with E-state index in [4.69, 9.17) is 0 Å². The van der Waals surface area contributed by atoms with Gasteiger partial charge in [0.2, 0.25) is 5.78 Å². The molecule has 0 radical (unpaired) electrons. The van der Waals surface area contributed by atoms with Gasteiger partial charge in [0.05, 0.1) is 32.7 Å². The predicted octanol–water partition coefficient (Wildman–Crippen LogP) is 3.73. The second kappa shape index (κ2) is 8.85. The third-order valence-electron chi connectivity index (χ3n) is 7.23. The fraction of sp³-hybridized carbons (Fsp3) is 0.296. The number of pyridine rings is 1. The molecule has 2 aromatic carbocycles. The van der Waals surface area contributed by atoms with E-state index in [0.29, 0.717) is 29.8 Å². The van der Waals surface area contributed by atoms with Crippen LogP contribution >= 0.6 is 0 Å². The minimum absolute atomic E-state index is 0.0217. The average Bonchev–Trinajstić information content (AvgIpc) is 3.41. The van der Waals surface area contributed by atoms with E-state index in [0.717, 1.165) is 24.1 Å². The predicted molar refractivity (Wildman–Crippen MR) is 127 cm³/mol. The first-order chi connectivity index (χ1) is 16.8. The zero-order valence-electron chi connectivity index (χ0n) is 19.5. The minimum Gasteiger partial charge on any atom is -0.323 e. The van der Waals surface area contributed by atoms with Crippen molar-refractivity contribution in [3.05, 3.63) is 101 Å². The lowest BCUT2D eigenvalue weighted by Gasteiger charge is -2.32. The van der Waals surface area contributed by atoms with Crippen molar-refractivity contribution in [1.82, 2.24) is 15.2 Å². The Kier molecular flexibility index (Phi) is 5.84. The van der Waals surface area contributed by atoms with Gasteiger partial charge in [-0.15, -0.1) is 0 Å². The van der Waals surface area contributed by atoms with E-state index in [-0.39, 0.29) is 29.5 Å². The SMILES string of the molecule is C[N+]1(CC(=O)c2ccccn2)CC[C@@H](N2CC(c3ccc(F)cc3)(c3ccc(F)cc3)NC2=O)C1. The topological polar surface area (TPSA) is 62.3 Å². The molecule has 1 aromatic heterocycles. The van der Waals surface area contributed by atoms with E-state index in [2.05, 4.69) is 10.3 Å². The van der Waals surface area contributed by atoms with Gasteiger partial charge in [-0.25, -0.2) is 13.6 Å². The van der Waals surface area contributed by atoms with E-state index >= 15 is 0 Å². The highest BCUT2D eigenvalue weighted by Crippen LogP contribution is 2.37. The highest BCUT2D eigenvalue weighted by Gasteiger charge is 2.50. The lowest BCUT2D eigenvalue weighted by Crippen LogP contribution is -2.49. The summed E-state index contributed by atoms with van der Waals surface area (Å²) in [4.78, 5) is 32.1. The molecule has 0 saturated carbocycles. The van der Waals surface area contributed by atoms with Gasteiger partial charge in [-0.05, 0) is 47.5 Å². The summed E-state index contributed by atoms with van der Waals surface area (Å²) < 4.78 is 27.9. The van der Waals surface area contributed by atoms with Crippen molar-refractivity contribution in [1.29, 1.82) is 0 Å². The number of urea groups is 1. The van der Waals surface area contributed by atoms with Gasteiger partial charge in [0, 0.05) is 12.6 Å². The Morgan fingerprint density at radius 1 is 1.06 bits per heavy atom. The van der Waals surface area contributed by atoms with Gasteiger partial charge >= 0.3 is 6.03 Å². The quantitative estimate of drug-likeness (QED) is 0.435. The molecular formula is C27H27F2N4O2+. The monoisotopic (exact) mass is 477 g/mol. The van der Waals surface area contributed by atoms with E-state index in [1.165, 1.54) is 24.3 Å². The molecule has 5 rings (SSSR count). The van der Waals surface area contributed by atoms with Crippen LogP contribution in [0, 0.1) is 11.6 Å². The Morgan fingerprint density at radius 2 is 1.69 bits per heavy atom. The molecular weight excluding hydrogens is 450 g/mol. The van der Waals surface area contributed by atoms with Gasteiger partial charge < -0.3 is 14.7 Å². The number of aromatic nitrogens is 1. The number of hydrogen-bond acceptors (Lipinski definition) is 3. The van der Waals surface area contributed by atoms with Crippen LogP contribution in [0.2, 0.25) is 0 Å². The molecule has 2 saturated heterocycles. The number of ketones is 1. The molecule has 2 aliphatic heterocycles. The lowest BCUT2D eigenvalue weighted by atomic mass is 9.83. The maximum Gasteiger partial charge on any atom is 0.319 e. The van der Waals surface area contributed by atoms with Crippen molar-refractivity contribution in [2.45, 2.75) is 18.0 Å². The normalized spacial score (nSPS) is 23.3. The Balaban J connectivity index is 1.39. The summed E-state index contributed by atoms with van der Waals surface area (Å²) in [5.41, 5.74) is 0.957. The Bertz CT molecular complexity index is 1190. The molecule has 8 heteroatoms. The molecule has 2 aliphatic rings. The zero-order valence-corrected chi connectivity index (χ0v) is 19.5. The largest absolute Gasteiger partial charge is 0.323 e. The van der Waals surface area contributed by atoms with Crippen molar-refractivity contribution < 1.29 is 22.9 Å². The van der Waals surface area contributed by atoms with Crippen molar-refractivity contribution in [3.8, 4) is 0 Å². The van der Waals surface area contributed by atoms with Crippen LogP contribution in [0.5, 0.6) is 0 Å². The molecule has 2 atom stereocenters. The van der Waals surface area contributed by atoms with Crippen LogP contribution in [-0.4, -0.2) is 65.4 Å². The van der Waals surface area contributed by atoms with Gasteiger partial charge in [-0.1, -0.05) is 30.3 Å². The van der Waals surface area contributed by atoms with Crippen LogP contribution in [0.3, 0.4) is 0 Å². The molecule has 2 fully saturated rings. The van der Waals surface area contributed by atoms with E-state index < -0.39 is 5.54 Å². The van der Waals surface area contributed by atoms with Gasteiger partial charge in [0.1, 0.15) is 29.4 Å². The Morgan fingerprint density at radius 3 is 2.26 bits per heavy atom. The molecule has 2 amide bonds. The average molecular weight is 478 g/mol. The first-order valence-electron chi connectivity index (χ1n) is 11.7. The molecule has 6 nitrogen and oxygen atoms in total. The third kappa shape index (κ3) is 4.41. The standard InChI is InChI=1S/C27H26F2N4O2/c1-33(17-25(34)24-4-2-3-14-30-24)15-13-23(16-33)32-18-27(31-26(32)35,19-5-9-21(28)10-6-19)20-7-11-22(29)12-8-20/h2-12,14,23H,13,15-18H2,1H3/p+1/t23-,33?/m1/s1. The summed E-state index contributed by atoms with van der Waals surface area (Å²) >= 11 is 0. The van der Waals surface area contributed by atoms with E-state index in [9.17, 15) is 18.4 Å². The van der Waals surface area contributed by atoms with Crippen molar-refractivity contribution in [3.63, 3.8) is 0 Å². The van der Waals surface area contributed by atoms with Gasteiger partial charge in [0.25, 0.3) is 0 Å². The summed E-state index contributed by atoms with van der Waals surface area (Å²) in [6.45, 7) is 2.02. The number of benzene rings is 2. The number of quaternary nitrogens is 1. The van der Waals surface area contributed by atoms with Crippen LogP contribution in [0.25, 0.3) is 0 Å². The smallest absolute Gasteiger partial charge is 0.319 e. The number of carbonyl (C=O) groups is 2. The number of amides is 2. The number of nitrogens with one attached hydrogen (secondary N) is 1. The first-order valence-corrected chi connectivity index (χ1v) is 11.7. The second-order valence-electron chi connectivity index (χ2n) is 9.74. The number of Topliss-reactive ketones (excluding diaryl/α,β-unsaturated/α-hetero) is 1. The van der Waals surface area contributed by atoms with Crippen molar-refractivity contribution in [2.24, 2.45) is 0 Å². The van der Waals surface area contributed by atoms with E-state index in [1.807, 2.05) is 11.9 Å². The Labute approximate surface area is 202 Å². The van der Waals surface area contributed by atoms with Crippen LogP contribution in [0.4, 0.5) is 13.6 Å². The molecule has 3 aromatic rings. The molecule has 1 unspecified atom stereocenters. The number of hydrogen-bond donors (Lipinski definition) is 1.